The number of hydrogen-bond acceptors (Lipinski definition) is 9. The van der Waals surface area contributed by atoms with Gasteiger partial charge in [0.15, 0.2) is 11.0 Å². The number of aliphatic imine (C=N–C) groups is 1. The maximum absolute atomic E-state index is 13.9. The van der Waals surface area contributed by atoms with Crippen LogP contribution < -0.4 is 27.7 Å². The fraction of sp³-hybridized carbons (Fsp3) is 0.219. The molecule has 0 saturated heterocycles. The molecule has 5 aromatic rings. The summed E-state index contributed by atoms with van der Waals surface area (Å²) in [5.41, 5.74) is 14.0. The van der Waals surface area contributed by atoms with E-state index in [4.69, 9.17) is 11.5 Å². The smallest absolute Gasteiger partial charge is 0.277 e. The van der Waals surface area contributed by atoms with Gasteiger partial charge >= 0.3 is 0 Å². The van der Waals surface area contributed by atoms with Gasteiger partial charge in [0.05, 0.1) is 17.8 Å². The molecular formula is C32H33N9O3S. The van der Waals surface area contributed by atoms with Crippen LogP contribution in [0.15, 0.2) is 88.4 Å². The van der Waals surface area contributed by atoms with Crippen LogP contribution in [0.3, 0.4) is 0 Å². The number of anilines is 1. The third-order valence-electron chi connectivity index (χ3n) is 7.05. The van der Waals surface area contributed by atoms with Crippen molar-refractivity contribution in [2.75, 3.05) is 11.9 Å². The highest BCUT2D eigenvalue weighted by Crippen LogP contribution is 2.20. The Labute approximate surface area is 263 Å². The molecule has 2 aromatic carbocycles. The van der Waals surface area contributed by atoms with E-state index in [0.29, 0.717) is 30.9 Å². The first kappa shape index (κ1) is 31.0. The second-order valence-electron chi connectivity index (χ2n) is 10.4. The molecule has 12 nitrogen and oxygen atoms in total. The molecule has 230 valence electrons. The van der Waals surface area contributed by atoms with Gasteiger partial charge in [0.1, 0.15) is 18.1 Å². The van der Waals surface area contributed by atoms with Gasteiger partial charge in [-0.1, -0.05) is 48.0 Å². The number of ketones is 1. The minimum Gasteiger partial charge on any atom is -0.375 e. The highest BCUT2D eigenvalue weighted by molar-refractivity contribution is 7.11. The number of aromatic nitrogens is 4. The third kappa shape index (κ3) is 7.75. The number of nitrogens with two attached hydrogens (primary N) is 2. The summed E-state index contributed by atoms with van der Waals surface area (Å²) in [5.74, 6) is -0.583. The summed E-state index contributed by atoms with van der Waals surface area (Å²) in [6, 6.07) is 16.3. The van der Waals surface area contributed by atoms with E-state index in [1.807, 2.05) is 61.5 Å². The zero-order valence-corrected chi connectivity index (χ0v) is 25.5. The van der Waals surface area contributed by atoms with Crippen LogP contribution >= 0.6 is 11.3 Å². The molecule has 3 aromatic heterocycles. The first-order valence-corrected chi connectivity index (χ1v) is 15.2. The molecule has 45 heavy (non-hydrogen) atoms. The molecule has 0 aliphatic carbocycles. The topological polar surface area (TPSA) is 183 Å². The van der Waals surface area contributed by atoms with Crippen LogP contribution in [0.1, 0.15) is 33.8 Å². The summed E-state index contributed by atoms with van der Waals surface area (Å²) < 4.78 is 1.32. The number of guanidine groups is 1. The number of amides is 1. The molecular weight excluding hydrogens is 590 g/mol. The standard InChI is InChI=1S/C32H33N9O3S/c1-20-6-2-8-22(16-20)29-39-18-25(38-17-23-9-3-7-21-10-4-12-35-27(21)23)31(44)41(29)19-26(42)40-24(11-5-13-37-32(33)34)28(43)30-36-14-15-45-30/h2-4,6-10,12,14-16,18,24,38H,5,11,13,17,19H2,1H3,(H,40,42)(H4,33,34,37)/t24-/m0/s1. The number of hydrogen-bond donors (Lipinski definition) is 4. The maximum atomic E-state index is 13.9. The first-order chi connectivity index (χ1) is 21.8. The van der Waals surface area contributed by atoms with Gasteiger partial charge in [-0.05, 0) is 37.5 Å². The summed E-state index contributed by atoms with van der Waals surface area (Å²) in [6.45, 7) is 2.18. The lowest BCUT2D eigenvalue weighted by molar-refractivity contribution is -0.122. The Balaban J connectivity index is 1.42. The van der Waals surface area contributed by atoms with E-state index >= 15 is 0 Å². The quantitative estimate of drug-likeness (QED) is 0.0662. The Morgan fingerprint density at radius 2 is 1.87 bits per heavy atom. The van der Waals surface area contributed by atoms with Gasteiger partial charge in [0.2, 0.25) is 11.7 Å². The second kappa shape index (κ2) is 14.4. The molecule has 0 saturated carbocycles. The number of nitrogens with zero attached hydrogens (tertiary/aromatic N) is 5. The van der Waals surface area contributed by atoms with E-state index in [0.717, 1.165) is 22.0 Å². The monoisotopic (exact) mass is 623 g/mol. The molecule has 5 rings (SSSR count). The molecule has 0 unspecified atom stereocenters. The lowest BCUT2D eigenvalue weighted by atomic mass is 10.1. The number of thiazole rings is 1. The number of pyridine rings is 1. The van der Waals surface area contributed by atoms with Crippen LogP contribution in [0.25, 0.3) is 22.3 Å². The number of fused-ring (bicyclic) bond motifs is 1. The lowest BCUT2D eigenvalue weighted by Gasteiger charge is -2.19. The van der Waals surface area contributed by atoms with Crippen molar-refractivity contribution in [3.8, 4) is 11.4 Å². The second-order valence-corrected chi connectivity index (χ2v) is 11.3. The summed E-state index contributed by atoms with van der Waals surface area (Å²) in [6.07, 6.45) is 5.45. The first-order valence-electron chi connectivity index (χ1n) is 14.3. The highest BCUT2D eigenvalue weighted by atomic mass is 32.1. The molecule has 3 heterocycles. The van der Waals surface area contributed by atoms with E-state index in [2.05, 4.69) is 30.6 Å². The summed E-state index contributed by atoms with van der Waals surface area (Å²) in [5, 5.41) is 8.94. The van der Waals surface area contributed by atoms with E-state index < -0.39 is 17.5 Å². The predicted molar refractivity (Wildman–Crippen MR) is 176 cm³/mol. The zero-order chi connectivity index (χ0) is 31.8. The molecule has 13 heteroatoms. The number of carbonyl (C=O) groups excluding carboxylic acids is 2. The van der Waals surface area contributed by atoms with Gasteiger partial charge in [0, 0.05) is 41.8 Å². The minimum absolute atomic E-state index is 0.0532. The maximum Gasteiger partial charge on any atom is 0.277 e. The van der Waals surface area contributed by atoms with E-state index in [1.165, 1.54) is 28.3 Å². The summed E-state index contributed by atoms with van der Waals surface area (Å²) >= 11 is 1.19. The van der Waals surface area contributed by atoms with Crippen LogP contribution in [0.5, 0.6) is 0 Å². The van der Waals surface area contributed by atoms with Gasteiger partial charge in [0.25, 0.3) is 5.56 Å². The summed E-state index contributed by atoms with van der Waals surface area (Å²) in [7, 11) is 0. The van der Waals surface area contributed by atoms with Crippen LogP contribution in [-0.4, -0.2) is 49.8 Å². The summed E-state index contributed by atoms with van der Waals surface area (Å²) in [4.78, 5) is 57.8. The average molecular weight is 624 g/mol. The molecule has 0 radical (unpaired) electrons. The Hall–Kier alpha value is -5.43. The number of rotatable bonds is 13. The van der Waals surface area contributed by atoms with Crippen molar-refractivity contribution >= 4 is 45.6 Å². The fourth-order valence-electron chi connectivity index (χ4n) is 4.93. The third-order valence-corrected chi connectivity index (χ3v) is 7.84. The number of Topliss-reactive ketones (excluding diaryl/α,β-unsaturated/α-hetero) is 1. The van der Waals surface area contributed by atoms with Crippen molar-refractivity contribution < 1.29 is 9.59 Å². The van der Waals surface area contributed by atoms with Gasteiger partial charge in [-0.3, -0.25) is 28.9 Å². The number of nitrogens with one attached hydrogen (secondary N) is 2. The molecule has 0 fully saturated rings. The van der Waals surface area contributed by atoms with Crippen LogP contribution in [0.4, 0.5) is 5.69 Å². The van der Waals surface area contributed by atoms with Gasteiger partial charge in [-0.2, -0.15) is 0 Å². The molecule has 0 aliphatic rings. The average Bonchev–Trinajstić information content (AvgIpc) is 3.58. The van der Waals surface area contributed by atoms with Crippen LogP contribution in [-0.2, 0) is 17.9 Å². The van der Waals surface area contributed by atoms with Gasteiger partial charge in [-0.25, -0.2) is 9.97 Å². The van der Waals surface area contributed by atoms with Crippen molar-refractivity contribution in [3.05, 3.63) is 105 Å². The number of aryl methyl sites for hydroxylation is 1. The Bertz CT molecular complexity index is 1890. The largest absolute Gasteiger partial charge is 0.375 e. The highest BCUT2D eigenvalue weighted by Gasteiger charge is 2.25. The van der Waals surface area contributed by atoms with Crippen molar-refractivity contribution in [1.82, 2.24) is 24.8 Å². The minimum atomic E-state index is -0.885. The van der Waals surface area contributed by atoms with Gasteiger partial charge < -0.3 is 22.1 Å². The molecule has 1 amide bonds. The zero-order valence-electron chi connectivity index (χ0n) is 24.6. The van der Waals surface area contributed by atoms with Crippen LogP contribution in [0, 0.1) is 6.92 Å². The number of carbonyl (C=O) groups is 2. The molecule has 0 aliphatic heterocycles. The van der Waals surface area contributed by atoms with Crippen molar-refractivity contribution in [3.63, 3.8) is 0 Å². The predicted octanol–water partition coefficient (Wildman–Crippen LogP) is 3.26. The fourth-order valence-corrected chi connectivity index (χ4v) is 5.56. The Morgan fingerprint density at radius 3 is 2.64 bits per heavy atom. The molecule has 1 atom stereocenters. The van der Waals surface area contributed by atoms with Gasteiger partial charge in [-0.15, -0.1) is 11.3 Å². The van der Waals surface area contributed by atoms with Crippen LogP contribution in [0.2, 0.25) is 0 Å². The Kier molecular flexibility index (Phi) is 9.90. The molecule has 6 N–H and O–H groups in total. The Morgan fingerprint density at radius 1 is 1.04 bits per heavy atom. The normalized spacial score (nSPS) is 11.6. The molecule has 0 bridgehead atoms. The van der Waals surface area contributed by atoms with E-state index in [-0.39, 0.29) is 35.4 Å². The van der Waals surface area contributed by atoms with Crippen molar-refractivity contribution in [2.24, 2.45) is 16.5 Å². The lowest BCUT2D eigenvalue weighted by Crippen LogP contribution is -2.44. The number of para-hydroxylation sites is 1. The van der Waals surface area contributed by atoms with E-state index in [9.17, 15) is 14.4 Å². The number of benzene rings is 2. The van der Waals surface area contributed by atoms with E-state index in [1.54, 1.807) is 11.6 Å². The SMILES string of the molecule is Cc1cccc(-c2ncc(NCc3cccc4cccnc34)c(=O)n2CC(=O)N[C@@H](CCCN=C(N)N)C(=O)c2nccs2)c1. The van der Waals surface area contributed by atoms with Crippen molar-refractivity contribution in [2.45, 2.75) is 38.9 Å². The van der Waals surface area contributed by atoms with Crippen molar-refractivity contribution in [1.29, 1.82) is 0 Å². The molecule has 0 spiro atoms.